The molecule has 2 rings (SSSR count). The molecule has 22 heavy (non-hydrogen) atoms. The molecule has 2 atom stereocenters. The van der Waals surface area contributed by atoms with Gasteiger partial charge in [0.2, 0.25) is 5.91 Å². The van der Waals surface area contributed by atoms with E-state index in [1.54, 1.807) is 25.7 Å². The van der Waals surface area contributed by atoms with Crippen molar-refractivity contribution in [2.45, 2.75) is 58.7 Å². The van der Waals surface area contributed by atoms with E-state index >= 15 is 0 Å². The lowest BCUT2D eigenvalue weighted by Gasteiger charge is -2.38. The largest absolute Gasteiger partial charge is 0.461 e. The predicted octanol–water partition coefficient (Wildman–Crippen LogP) is 2.95. The maximum absolute atomic E-state index is 12.8. The van der Waals surface area contributed by atoms with Gasteiger partial charge in [0, 0.05) is 0 Å². The first-order chi connectivity index (χ1) is 10.5. The van der Waals surface area contributed by atoms with Gasteiger partial charge in [-0.05, 0) is 39.3 Å². The highest BCUT2D eigenvalue weighted by atomic mass is 16.5. The minimum absolute atomic E-state index is 0.0752. The highest BCUT2D eigenvalue weighted by Gasteiger charge is 2.37. The number of carbonyl (C=O) groups excluding carboxylic acids is 2. The maximum atomic E-state index is 12.8. The summed E-state index contributed by atoms with van der Waals surface area (Å²) in [7, 11) is 0. The van der Waals surface area contributed by atoms with Crippen molar-refractivity contribution in [3.63, 3.8) is 0 Å². The molecule has 0 radical (unpaired) electrons. The van der Waals surface area contributed by atoms with Crippen LogP contribution in [-0.2, 0) is 14.3 Å². The molecule has 1 aliphatic rings. The van der Waals surface area contributed by atoms with Gasteiger partial charge in [-0.1, -0.05) is 25.5 Å². The van der Waals surface area contributed by atoms with E-state index in [0.29, 0.717) is 0 Å². The quantitative estimate of drug-likeness (QED) is 0.850. The molecule has 1 aromatic carbocycles. The van der Waals surface area contributed by atoms with E-state index in [1.807, 2.05) is 31.2 Å². The maximum Gasteiger partial charge on any atom is 0.329 e. The number of para-hydroxylation sites is 2. The van der Waals surface area contributed by atoms with Crippen molar-refractivity contribution in [2.75, 3.05) is 10.2 Å². The van der Waals surface area contributed by atoms with Crippen LogP contribution in [0.5, 0.6) is 0 Å². The molecule has 0 aromatic heterocycles. The van der Waals surface area contributed by atoms with Crippen LogP contribution in [-0.4, -0.2) is 30.1 Å². The van der Waals surface area contributed by atoms with Crippen LogP contribution in [0.15, 0.2) is 24.3 Å². The molecular formula is C17H24N2O3. The normalized spacial score (nSPS) is 18.7. The fraction of sp³-hybridized carbons (Fsp3) is 0.529. The summed E-state index contributed by atoms with van der Waals surface area (Å²) in [6, 6.07) is 6.62. The minimum Gasteiger partial charge on any atom is -0.461 e. The van der Waals surface area contributed by atoms with Gasteiger partial charge in [0.05, 0.1) is 17.5 Å². The molecule has 0 saturated heterocycles. The summed E-state index contributed by atoms with van der Waals surface area (Å²) < 4.78 is 5.27. The molecule has 1 aromatic rings. The Morgan fingerprint density at radius 2 is 2.00 bits per heavy atom. The van der Waals surface area contributed by atoms with E-state index in [-0.39, 0.29) is 24.0 Å². The Balaban J connectivity index is 2.34. The summed E-state index contributed by atoms with van der Waals surface area (Å²) in [6.45, 7) is 7.36. The number of nitrogens with one attached hydrogen (secondary N) is 1. The highest BCUT2D eigenvalue weighted by molar-refractivity contribution is 6.08. The third-order valence-electron chi connectivity index (χ3n) is 3.69. The van der Waals surface area contributed by atoms with Gasteiger partial charge in [-0.15, -0.1) is 0 Å². The number of esters is 1. The number of hydrogen-bond donors (Lipinski definition) is 1. The van der Waals surface area contributed by atoms with Crippen LogP contribution in [0.25, 0.3) is 0 Å². The third-order valence-corrected chi connectivity index (χ3v) is 3.69. The van der Waals surface area contributed by atoms with Crippen molar-refractivity contribution >= 4 is 23.3 Å². The molecule has 5 heteroatoms. The highest BCUT2D eigenvalue weighted by Crippen LogP contribution is 2.33. The first-order valence-corrected chi connectivity index (χ1v) is 7.84. The minimum atomic E-state index is -0.641. The van der Waals surface area contributed by atoms with Gasteiger partial charge in [-0.25, -0.2) is 4.79 Å². The third kappa shape index (κ3) is 3.24. The van der Waals surface area contributed by atoms with Crippen molar-refractivity contribution in [1.82, 2.24) is 0 Å². The van der Waals surface area contributed by atoms with E-state index in [1.165, 1.54) is 0 Å². The van der Waals surface area contributed by atoms with E-state index in [9.17, 15) is 9.59 Å². The lowest BCUT2D eigenvalue weighted by Crippen LogP contribution is -2.53. The second kappa shape index (κ2) is 6.81. The van der Waals surface area contributed by atoms with Gasteiger partial charge < -0.3 is 10.1 Å². The van der Waals surface area contributed by atoms with Gasteiger partial charge in [0.15, 0.2) is 0 Å². The summed E-state index contributed by atoms with van der Waals surface area (Å²) in [6.07, 6.45) is 1.43. The number of benzene rings is 1. The average molecular weight is 304 g/mol. The van der Waals surface area contributed by atoms with Crippen molar-refractivity contribution in [2.24, 2.45) is 0 Å². The molecule has 0 fully saturated rings. The fourth-order valence-electron chi connectivity index (χ4n) is 2.66. The number of amides is 1. The Morgan fingerprint density at radius 1 is 1.32 bits per heavy atom. The molecule has 0 bridgehead atoms. The summed E-state index contributed by atoms with van der Waals surface area (Å²) in [5.74, 6) is -0.455. The second-order valence-electron chi connectivity index (χ2n) is 5.87. The second-order valence-corrected chi connectivity index (χ2v) is 5.87. The van der Waals surface area contributed by atoms with Crippen LogP contribution in [0.3, 0.4) is 0 Å². The zero-order valence-corrected chi connectivity index (χ0v) is 13.6. The van der Waals surface area contributed by atoms with Crippen molar-refractivity contribution in [1.29, 1.82) is 0 Å². The molecule has 1 heterocycles. The first-order valence-electron chi connectivity index (χ1n) is 7.84. The van der Waals surface area contributed by atoms with Gasteiger partial charge in [0.1, 0.15) is 12.1 Å². The molecule has 1 N–H and O–H groups in total. The van der Waals surface area contributed by atoms with Crippen LogP contribution < -0.4 is 10.2 Å². The van der Waals surface area contributed by atoms with E-state index in [4.69, 9.17) is 4.74 Å². The molecular weight excluding hydrogens is 280 g/mol. The molecule has 5 nitrogen and oxygen atoms in total. The number of anilines is 2. The Morgan fingerprint density at radius 3 is 2.64 bits per heavy atom. The number of ether oxygens (including phenoxy) is 1. The monoisotopic (exact) mass is 304 g/mol. The molecule has 2 unspecified atom stereocenters. The molecule has 0 aliphatic carbocycles. The van der Waals surface area contributed by atoms with Crippen molar-refractivity contribution in [3.05, 3.63) is 24.3 Å². The first kappa shape index (κ1) is 16.3. The standard InChI is InChI=1S/C17H24N2O3/c1-5-8-14-16(20)19(12(4)17(21)22-11(2)3)15-10-7-6-9-13(15)18-14/h6-7,9-12,14,18H,5,8H2,1-4H3. The van der Waals surface area contributed by atoms with Crippen LogP contribution in [0.4, 0.5) is 11.4 Å². The lowest BCUT2D eigenvalue weighted by atomic mass is 10.0. The van der Waals surface area contributed by atoms with Crippen molar-refractivity contribution < 1.29 is 14.3 Å². The van der Waals surface area contributed by atoms with Crippen LogP contribution in [0.1, 0.15) is 40.5 Å². The van der Waals surface area contributed by atoms with Crippen molar-refractivity contribution in [3.8, 4) is 0 Å². The smallest absolute Gasteiger partial charge is 0.329 e. The van der Waals surface area contributed by atoms with E-state index in [2.05, 4.69) is 5.32 Å². The average Bonchev–Trinajstić information content (AvgIpc) is 2.47. The SMILES string of the molecule is CCCC1Nc2ccccc2N(C(C)C(=O)OC(C)C)C1=O. The van der Waals surface area contributed by atoms with Gasteiger partial charge in [0.25, 0.3) is 0 Å². The molecule has 120 valence electrons. The van der Waals surface area contributed by atoms with Crippen LogP contribution in [0, 0.1) is 0 Å². The van der Waals surface area contributed by atoms with Crippen LogP contribution >= 0.6 is 0 Å². The number of rotatable bonds is 5. The van der Waals surface area contributed by atoms with Crippen LogP contribution in [0.2, 0.25) is 0 Å². The van der Waals surface area contributed by atoms with Gasteiger partial charge in [-0.2, -0.15) is 0 Å². The van der Waals surface area contributed by atoms with E-state index in [0.717, 1.165) is 24.2 Å². The molecule has 1 aliphatic heterocycles. The lowest BCUT2D eigenvalue weighted by molar-refractivity contribution is -0.149. The van der Waals surface area contributed by atoms with Gasteiger partial charge >= 0.3 is 5.97 Å². The molecule has 1 amide bonds. The number of nitrogens with zero attached hydrogens (tertiary/aromatic N) is 1. The van der Waals surface area contributed by atoms with E-state index < -0.39 is 6.04 Å². The molecule has 0 spiro atoms. The number of hydrogen-bond acceptors (Lipinski definition) is 4. The summed E-state index contributed by atoms with van der Waals surface area (Å²) in [5.41, 5.74) is 1.61. The summed E-state index contributed by atoms with van der Waals surface area (Å²) in [5, 5.41) is 3.27. The Hall–Kier alpha value is -2.04. The summed E-state index contributed by atoms with van der Waals surface area (Å²) >= 11 is 0. The zero-order valence-electron chi connectivity index (χ0n) is 13.6. The van der Waals surface area contributed by atoms with Gasteiger partial charge in [-0.3, -0.25) is 9.69 Å². The zero-order chi connectivity index (χ0) is 16.3. The Kier molecular flexibility index (Phi) is 5.06. The number of carbonyl (C=O) groups is 2. The number of fused-ring (bicyclic) bond motifs is 1. The molecule has 0 saturated carbocycles. The Labute approximate surface area is 131 Å². The topological polar surface area (TPSA) is 58.6 Å². The summed E-state index contributed by atoms with van der Waals surface area (Å²) in [4.78, 5) is 26.6. The fourth-order valence-corrected chi connectivity index (χ4v) is 2.66. The Bertz CT molecular complexity index is 557. The predicted molar refractivity (Wildman–Crippen MR) is 86.9 cm³/mol.